The summed E-state index contributed by atoms with van der Waals surface area (Å²) < 4.78 is 20.4. The Bertz CT molecular complexity index is 1050. The van der Waals surface area contributed by atoms with Crippen LogP contribution in [0.5, 0.6) is 5.75 Å². The van der Waals surface area contributed by atoms with Gasteiger partial charge in [0.05, 0.1) is 19.1 Å². The molecule has 0 saturated heterocycles. The number of unbranched alkanes of at least 4 members (excludes halogenated alkanes) is 1. The Morgan fingerprint density at radius 2 is 1.68 bits per heavy atom. The molecule has 1 rings (SSSR count). The minimum Gasteiger partial charge on any atom is -0.481 e. The van der Waals surface area contributed by atoms with E-state index in [1.807, 2.05) is 65.8 Å². The van der Waals surface area contributed by atoms with E-state index >= 15 is 0 Å². The van der Waals surface area contributed by atoms with Gasteiger partial charge in [-0.3, -0.25) is 24.0 Å². The molecule has 11 nitrogen and oxygen atoms in total. The average Bonchev–Trinajstić information content (AvgIpc) is 3.02. The van der Waals surface area contributed by atoms with Crippen molar-refractivity contribution in [1.82, 2.24) is 5.32 Å². The number of aliphatic carboxylic acids is 1. The molecule has 12 heteroatoms. The quantitative estimate of drug-likeness (QED) is 0.0178. The first-order chi connectivity index (χ1) is 22.3. The number of carbonyl (C=O) groups is 5. The smallest absolute Gasteiger partial charge is 0.308 e. The second-order valence-electron chi connectivity index (χ2n) is 9.14. The molecule has 47 heavy (non-hydrogen) atoms. The Kier molecular flexibility index (Phi) is 39.0. The number of carbonyl (C=O) groups excluding carboxylic acids is 4. The van der Waals surface area contributed by atoms with E-state index in [-0.39, 0.29) is 24.7 Å². The maximum absolute atomic E-state index is 11.7. The second-order valence-corrected chi connectivity index (χ2v) is 10.6. The van der Waals surface area contributed by atoms with E-state index < -0.39 is 20.3 Å². The highest BCUT2D eigenvalue weighted by Gasteiger charge is 2.14. The van der Waals surface area contributed by atoms with Crippen molar-refractivity contribution in [2.75, 3.05) is 19.3 Å². The first-order valence-electron chi connectivity index (χ1n) is 15.6. The largest absolute Gasteiger partial charge is 0.481 e. The van der Waals surface area contributed by atoms with Crippen molar-refractivity contribution in [3.8, 4) is 5.75 Å². The Morgan fingerprint density at radius 3 is 2.09 bits per heavy atom. The van der Waals surface area contributed by atoms with Gasteiger partial charge in [0.25, 0.3) is 6.47 Å². The van der Waals surface area contributed by atoms with Crippen LogP contribution in [0.2, 0.25) is 0 Å². The monoisotopic (exact) mass is 683 g/mol. The fourth-order valence-electron chi connectivity index (χ4n) is 2.64. The van der Waals surface area contributed by atoms with Crippen LogP contribution in [0.4, 0.5) is 0 Å². The number of Topliss-reactive ketones (excluding diaryl/α,β-unsaturated/α-hetero) is 1. The number of hydrogen-bond acceptors (Lipinski definition) is 9. The van der Waals surface area contributed by atoms with Gasteiger partial charge in [0, 0.05) is 31.6 Å². The third-order valence-corrected chi connectivity index (χ3v) is 6.40. The van der Waals surface area contributed by atoms with Crippen LogP contribution in [-0.2, 0) is 33.0 Å². The van der Waals surface area contributed by atoms with Crippen LogP contribution in [0.25, 0.3) is 0 Å². The average molecular weight is 684 g/mol. The molecule has 0 bridgehead atoms. The summed E-state index contributed by atoms with van der Waals surface area (Å²) in [6, 6.07) is 4.64. The number of ketones is 1. The molecule has 0 radical (unpaired) electrons. The lowest BCUT2D eigenvalue weighted by atomic mass is 10.0. The molecule has 1 unspecified atom stereocenters. The number of carboxylic acids is 1. The fraction of sp³-hybridized carbons (Fsp3) is 0.514. The van der Waals surface area contributed by atoms with Crippen LogP contribution in [-0.4, -0.2) is 61.1 Å². The maximum Gasteiger partial charge on any atom is 0.308 e. The van der Waals surface area contributed by atoms with Crippen molar-refractivity contribution in [2.45, 2.75) is 101 Å². The van der Waals surface area contributed by atoms with Crippen LogP contribution in [0.3, 0.4) is 0 Å². The van der Waals surface area contributed by atoms with E-state index in [0.29, 0.717) is 54.8 Å². The van der Waals surface area contributed by atoms with Crippen LogP contribution in [0.15, 0.2) is 54.8 Å². The summed E-state index contributed by atoms with van der Waals surface area (Å²) in [5.41, 5.74) is 1.08. The number of rotatable bonds is 18. The van der Waals surface area contributed by atoms with Crippen LogP contribution in [0, 0.1) is 6.92 Å². The molecule has 0 fully saturated rings. The van der Waals surface area contributed by atoms with E-state index in [4.69, 9.17) is 18.9 Å². The summed E-state index contributed by atoms with van der Waals surface area (Å²) in [5.74, 6) is -0.659. The van der Waals surface area contributed by atoms with Crippen molar-refractivity contribution < 1.29 is 47.6 Å². The predicted octanol–water partition coefficient (Wildman–Crippen LogP) is 8.11. The number of nitrogens with one attached hydrogen (secondary N) is 1. The molecule has 268 valence electrons. The molecule has 1 amide bonds. The van der Waals surface area contributed by atoms with E-state index in [1.165, 1.54) is 19.1 Å². The van der Waals surface area contributed by atoms with Crippen LogP contribution >= 0.6 is 8.38 Å². The summed E-state index contributed by atoms with van der Waals surface area (Å²) in [7, 11) is -1.04. The Balaban J connectivity index is -0.000000300. The predicted molar refractivity (Wildman–Crippen MR) is 190 cm³/mol. The van der Waals surface area contributed by atoms with Gasteiger partial charge in [-0.1, -0.05) is 52.0 Å². The highest BCUT2D eigenvalue weighted by molar-refractivity contribution is 7.47. The molecular weight excluding hydrogens is 625 g/mol. The summed E-state index contributed by atoms with van der Waals surface area (Å²) in [6.45, 7) is 24.1. The number of aryl methyl sites for hydroxylation is 1. The highest BCUT2D eigenvalue weighted by atomic mass is 31.2. The molecule has 0 aliphatic carbocycles. The lowest BCUT2D eigenvalue weighted by Crippen LogP contribution is -2.16. The molecule has 0 heterocycles. The molecule has 1 aromatic rings. The van der Waals surface area contributed by atoms with Crippen molar-refractivity contribution in [3.05, 3.63) is 66.0 Å². The Hall–Kier alpha value is -3.82. The SMILES string of the molecule is C/C=C\C.C=C(/C=C\CCC)OP(CCNC=O)OC(C)C.CC.CC(=O)Oc1ccc(C(=O)CCC(=O)O)cc1C.CCOC=O. The van der Waals surface area contributed by atoms with Crippen molar-refractivity contribution in [2.24, 2.45) is 0 Å². The van der Waals surface area contributed by atoms with Crippen molar-refractivity contribution >= 4 is 39.0 Å². The summed E-state index contributed by atoms with van der Waals surface area (Å²) >= 11 is 0. The van der Waals surface area contributed by atoms with Gasteiger partial charge in [-0.05, 0) is 77.8 Å². The zero-order valence-electron chi connectivity index (χ0n) is 30.0. The number of amides is 1. The zero-order valence-corrected chi connectivity index (χ0v) is 30.9. The fourth-order valence-corrected chi connectivity index (χ4v) is 3.98. The first-order valence-corrected chi connectivity index (χ1v) is 17.0. The third-order valence-electron chi connectivity index (χ3n) is 4.71. The molecule has 2 N–H and O–H groups in total. The number of esters is 1. The van der Waals surface area contributed by atoms with Crippen molar-refractivity contribution in [1.29, 1.82) is 0 Å². The molecule has 0 aliphatic heterocycles. The lowest BCUT2D eigenvalue weighted by Gasteiger charge is -2.20. The minimum atomic E-state index is -1.04. The molecule has 0 spiro atoms. The lowest BCUT2D eigenvalue weighted by molar-refractivity contribution is -0.137. The molecule has 0 aliphatic rings. The number of benzene rings is 1. The van der Waals surface area contributed by atoms with Gasteiger partial charge >= 0.3 is 11.9 Å². The Labute approximate surface area is 283 Å². The van der Waals surface area contributed by atoms with Gasteiger partial charge in [-0.15, -0.1) is 0 Å². The normalized spacial score (nSPS) is 10.3. The maximum atomic E-state index is 11.7. The van der Waals surface area contributed by atoms with Gasteiger partial charge in [0.2, 0.25) is 14.8 Å². The Morgan fingerprint density at radius 1 is 1.06 bits per heavy atom. The number of hydrogen-bond donors (Lipinski definition) is 2. The molecular formula is C35H58NO10P. The van der Waals surface area contributed by atoms with Gasteiger partial charge < -0.3 is 28.9 Å². The van der Waals surface area contributed by atoms with E-state index in [1.54, 1.807) is 19.9 Å². The number of allylic oxidation sites excluding steroid dienone is 4. The van der Waals surface area contributed by atoms with Gasteiger partial charge in [0.1, 0.15) is 11.5 Å². The number of ether oxygens (including phenoxy) is 2. The standard InChI is InChI=1S/C13H24NO3P.C13H14O5.C4H8.C3H6O2.C2H6/c1-5-6-7-8-13(4)17-18(16-12(2)3)10-9-14-11-15;1-8-7-10(11(15)4-6-13(16)17)3-5-12(8)18-9(2)14;1-3-4-2;1-2-5-3-4;1-2/h7-8,11-12H,4-6,9-10H2,1-3H3,(H,14,15);3,5,7H,4,6H2,1-2H3,(H,16,17);3-4H,1-2H3;3H,2H2,1H3;1-2H3/b8-7-;;4-3-;;. The third kappa shape index (κ3) is 36.5. The highest BCUT2D eigenvalue weighted by Crippen LogP contribution is 2.41. The van der Waals surface area contributed by atoms with Crippen LogP contribution in [0.1, 0.15) is 104 Å². The number of carboxylic acid groups (broad SMARTS) is 1. The molecule has 1 aromatic carbocycles. The van der Waals surface area contributed by atoms with E-state index in [9.17, 15) is 24.0 Å². The summed E-state index contributed by atoms with van der Waals surface area (Å²) in [5, 5.41) is 11.1. The van der Waals surface area contributed by atoms with Gasteiger partial charge in [-0.25, -0.2) is 0 Å². The minimum absolute atomic E-state index is 0.0400. The van der Waals surface area contributed by atoms with Gasteiger partial charge in [-0.2, -0.15) is 0 Å². The van der Waals surface area contributed by atoms with Gasteiger partial charge in [0.15, 0.2) is 5.78 Å². The summed E-state index contributed by atoms with van der Waals surface area (Å²) in [4.78, 5) is 52.2. The van der Waals surface area contributed by atoms with E-state index in [2.05, 4.69) is 23.6 Å². The second kappa shape index (κ2) is 36.6. The molecule has 1 atom stereocenters. The van der Waals surface area contributed by atoms with E-state index in [0.717, 1.165) is 12.8 Å². The zero-order chi connectivity index (χ0) is 37.0. The van der Waals surface area contributed by atoms with Crippen LogP contribution < -0.4 is 10.1 Å². The topological polar surface area (TPSA) is 155 Å². The molecule has 0 saturated carbocycles. The molecule has 0 aromatic heterocycles. The van der Waals surface area contributed by atoms with Crippen molar-refractivity contribution in [3.63, 3.8) is 0 Å². The first kappa shape index (κ1) is 50.0. The summed E-state index contributed by atoms with van der Waals surface area (Å²) in [6.07, 6.45) is 11.2.